The number of aliphatic carboxylic acids is 1. The summed E-state index contributed by atoms with van der Waals surface area (Å²) in [6.07, 6.45) is 14.4. The van der Waals surface area contributed by atoms with Gasteiger partial charge < -0.3 is 14.6 Å². The van der Waals surface area contributed by atoms with E-state index in [0.717, 1.165) is 32.8 Å². The molecule has 2 aliphatic rings. The van der Waals surface area contributed by atoms with Gasteiger partial charge in [0.05, 0.1) is 0 Å². The number of unbranched alkanes of at least 4 members (excludes halogenated alkanes) is 3. The molecule has 0 aliphatic carbocycles. The number of hydrogen-bond donors (Lipinski definition) is 1. The van der Waals surface area contributed by atoms with E-state index in [4.69, 9.17) is 14.6 Å². The van der Waals surface area contributed by atoms with E-state index in [1.54, 1.807) is 0 Å². The Kier molecular flexibility index (Phi) is 26.3. The zero-order valence-corrected chi connectivity index (χ0v) is 16.5. The summed E-state index contributed by atoms with van der Waals surface area (Å²) in [6, 6.07) is 0. The van der Waals surface area contributed by atoms with Crippen LogP contribution in [0.15, 0.2) is 0 Å². The normalized spacial score (nSPS) is 16.3. The highest BCUT2D eigenvalue weighted by Gasteiger charge is 1.95. The summed E-state index contributed by atoms with van der Waals surface area (Å²) in [4.78, 5) is 9.60. The number of ether oxygens (including phenoxy) is 2. The van der Waals surface area contributed by atoms with Crippen molar-refractivity contribution >= 4 is 5.97 Å². The van der Waals surface area contributed by atoms with Gasteiger partial charge in [0.2, 0.25) is 0 Å². The van der Waals surface area contributed by atoms with Crippen molar-refractivity contribution in [2.45, 2.75) is 97.8 Å². The Labute approximate surface area is 150 Å². The predicted molar refractivity (Wildman–Crippen MR) is 102 cm³/mol. The van der Waals surface area contributed by atoms with Gasteiger partial charge in [-0.3, -0.25) is 4.79 Å². The second kappa shape index (κ2) is 24.6. The van der Waals surface area contributed by atoms with Gasteiger partial charge in [0.1, 0.15) is 0 Å². The van der Waals surface area contributed by atoms with Crippen LogP contribution >= 0.6 is 0 Å². The van der Waals surface area contributed by atoms with Gasteiger partial charge in [-0.1, -0.05) is 46.5 Å². The lowest BCUT2D eigenvalue weighted by Crippen LogP contribution is -2.03. The molecule has 0 radical (unpaired) electrons. The summed E-state index contributed by atoms with van der Waals surface area (Å²) >= 11 is 0. The molecule has 2 heterocycles. The van der Waals surface area contributed by atoms with Gasteiger partial charge in [-0.05, 0) is 44.9 Å². The van der Waals surface area contributed by atoms with Crippen LogP contribution in [0.3, 0.4) is 0 Å². The van der Waals surface area contributed by atoms with E-state index >= 15 is 0 Å². The Morgan fingerprint density at radius 1 is 0.708 bits per heavy atom. The molecule has 0 atom stereocenters. The molecule has 0 bridgehead atoms. The molecule has 2 fully saturated rings. The monoisotopic (exact) mass is 346 g/mol. The molecule has 0 saturated carbocycles. The fraction of sp³-hybridized carbons (Fsp3) is 0.950. The maximum Gasteiger partial charge on any atom is 0.303 e. The Balaban J connectivity index is 0. The van der Waals surface area contributed by atoms with Gasteiger partial charge in [0, 0.05) is 32.8 Å². The highest BCUT2D eigenvalue weighted by Crippen LogP contribution is 2.02. The van der Waals surface area contributed by atoms with E-state index in [9.17, 15) is 4.79 Å². The molecule has 0 unspecified atom stereocenters. The first-order valence-corrected chi connectivity index (χ1v) is 10.1. The molecule has 2 saturated heterocycles. The molecule has 24 heavy (non-hydrogen) atoms. The summed E-state index contributed by atoms with van der Waals surface area (Å²) in [7, 11) is 0. The molecule has 2 aliphatic heterocycles. The third-order valence-electron chi connectivity index (χ3n) is 3.58. The Morgan fingerprint density at radius 3 is 1.17 bits per heavy atom. The molecule has 4 nitrogen and oxygen atoms in total. The number of hydrogen-bond acceptors (Lipinski definition) is 3. The van der Waals surface area contributed by atoms with Crippen LogP contribution in [0.1, 0.15) is 97.8 Å². The van der Waals surface area contributed by atoms with Crippen LogP contribution in [-0.2, 0) is 14.3 Å². The van der Waals surface area contributed by atoms with E-state index in [-0.39, 0.29) is 0 Å². The Bertz CT molecular complexity index is 185. The van der Waals surface area contributed by atoms with Crippen molar-refractivity contribution in [1.29, 1.82) is 0 Å². The van der Waals surface area contributed by atoms with Gasteiger partial charge >= 0.3 is 5.97 Å². The van der Waals surface area contributed by atoms with E-state index in [1.165, 1.54) is 64.2 Å². The summed E-state index contributed by atoms with van der Waals surface area (Å²) in [6.45, 7) is 10.3. The number of rotatable bonds is 5. The largest absolute Gasteiger partial charge is 0.481 e. The van der Waals surface area contributed by atoms with Crippen molar-refractivity contribution in [1.82, 2.24) is 0 Å². The van der Waals surface area contributed by atoms with Crippen LogP contribution in [-0.4, -0.2) is 37.5 Å². The molecule has 146 valence electrons. The molecule has 2 rings (SSSR count). The van der Waals surface area contributed by atoms with Gasteiger partial charge in [-0.25, -0.2) is 0 Å². The Morgan fingerprint density at radius 2 is 1.08 bits per heavy atom. The zero-order chi connectivity index (χ0) is 18.3. The number of carbonyl (C=O) groups is 1. The predicted octanol–water partition coefficient (Wildman–Crippen LogP) is 5.83. The minimum atomic E-state index is -0.711. The molecule has 0 spiro atoms. The lowest BCUT2D eigenvalue weighted by molar-refractivity contribution is -0.137. The van der Waals surface area contributed by atoms with Gasteiger partial charge in [-0.15, -0.1) is 0 Å². The third-order valence-corrected chi connectivity index (χ3v) is 3.58. The van der Waals surface area contributed by atoms with Crippen molar-refractivity contribution in [3.63, 3.8) is 0 Å². The van der Waals surface area contributed by atoms with Crippen LogP contribution < -0.4 is 0 Å². The smallest absolute Gasteiger partial charge is 0.303 e. The first-order chi connectivity index (χ1) is 11.7. The topological polar surface area (TPSA) is 55.8 Å². The minimum absolute atomic E-state index is 0.292. The number of carboxylic acids is 1. The molecule has 4 heteroatoms. The van der Waals surface area contributed by atoms with Crippen LogP contribution in [0, 0.1) is 0 Å². The summed E-state index contributed by atoms with van der Waals surface area (Å²) < 4.78 is 10.1. The molecule has 1 N–H and O–H groups in total. The fourth-order valence-electron chi connectivity index (χ4n) is 2.09. The average molecular weight is 347 g/mol. The van der Waals surface area contributed by atoms with Gasteiger partial charge in [-0.2, -0.15) is 0 Å². The highest BCUT2D eigenvalue weighted by atomic mass is 16.5. The van der Waals surface area contributed by atoms with Crippen molar-refractivity contribution < 1.29 is 19.4 Å². The van der Waals surface area contributed by atoms with Gasteiger partial charge in [0.15, 0.2) is 0 Å². The first-order valence-electron chi connectivity index (χ1n) is 10.1. The molecule has 0 amide bonds. The molecular formula is C20H42O4. The fourth-order valence-corrected chi connectivity index (χ4v) is 2.09. The number of carboxylic acid groups (broad SMARTS) is 1. The second-order valence-corrected chi connectivity index (χ2v) is 6.20. The molecule has 0 aromatic carbocycles. The third kappa shape index (κ3) is 29.4. The average Bonchev–Trinajstić information content (AvgIpc) is 2.64. The van der Waals surface area contributed by atoms with Crippen LogP contribution in [0.4, 0.5) is 0 Å². The SMILES string of the molecule is C1CCOCC1.C1CCOCC1.CCCC(=O)O.CCCCCC. The summed E-state index contributed by atoms with van der Waals surface area (Å²) in [5, 5.41) is 7.91. The Hall–Kier alpha value is -0.610. The minimum Gasteiger partial charge on any atom is -0.481 e. The van der Waals surface area contributed by atoms with Crippen molar-refractivity contribution in [2.24, 2.45) is 0 Å². The second-order valence-electron chi connectivity index (χ2n) is 6.20. The van der Waals surface area contributed by atoms with E-state index < -0.39 is 5.97 Å². The maximum absolute atomic E-state index is 9.60. The van der Waals surface area contributed by atoms with Gasteiger partial charge in [0.25, 0.3) is 0 Å². The van der Waals surface area contributed by atoms with Crippen molar-refractivity contribution in [2.75, 3.05) is 26.4 Å². The first kappa shape index (κ1) is 25.6. The maximum atomic E-state index is 9.60. The van der Waals surface area contributed by atoms with Crippen molar-refractivity contribution in [3.05, 3.63) is 0 Å². The van der Waals surface area contributed by atoms with Crippen molar-refractivity contribution in [3.8, 4) is 0 Å². The molecule has 0 aromatic heterocycles. The van der Waals surface area contributed by atoms with Crippen LogP contribution in [0.5, 0.6) is 0 Å². The standard InChI is InChI=1S/C6H14.2C5H10O.C4H8O2/c1-3-5-6-4-2;2*1-2-4-6-5-3-1;1-2-3-4(5)6/h3-6H2,1-2H3;2*1-5H2;2-3H2,1H3,(H,5,6). The van der Waals surface area contributed by atoms with E-state index in [2.05, 4.69) is 13.8 Å². The molecular weight excluding hydrogens is 304 g/mol. The highest BCUT2D eigenvalue weighted by molar-refractivity contribution is 5.66. The van der Waals surface area contributed by atoms with Crippen LogP contribution in [0.2, 0.25) is 0 Å². The summed E-state index contributed by atoms with van der Waals surface area (Å²) in [5.74, 6) is -0.711. The van der Waals surface area contributed by atoms with E-state index in [0.29, 0.717) is 6.42 Å². The summed E-state index contributed by atoms with van der Waals surface area (Å²) in [5.41, 5.74) is 0. The lowest BCUT2D eigenvalue weighted by Gasteiger charge is -2.08. The molecule has 0 aromatic rings. The zero-order valence-electron chi connectivity index (χ0n) is 16.5. The lowest BCUT2D eigenvalue weighted by atomic mass is 10.2. The van der Waals surface area contributed by atoms with Crippen LogP contribution in [0.25, 0.3) is 0 Å². The van der Waals surface area contributed by atoms with E-state index in [1.807, 2.05) is 6.92 Å². The quantitative estimate of drug-likeness (QED) is 0.636.